The van der Waals surface area contributed by atoms with E-state index >= 15 is 0 Å². The van der Waals surface area contributed by atoms with E-state index in [1.165, 1.54) is 7.05 Å². The Balaban J connectivity index is 2.65. The smallest absolute Gasteiger partial charge is 0.370 e. The summed E-state index contributed by atoms with van der Waals surface area (Å²) < 4.78 is 66.0. The van der Waals surface area contributed by atoms with Crippen molar-refractivity contribution in [2.75, 3.05) is 20.3 Å². The molecule has 1 rings (SSSR count). The van der Waals surface area contributed by atoms with Gasteiger partial charge in [0, 0.05) is 6.07 Å². The van der Waals surface area contributed by atoms with Gasteiger partial charge in [0.1, 0.15) is 18.2 Å². The van der Waals surface area contributed by atoms with Crippen LogP contribution in [-0.4, -0.2) is 26.4 Å². The summed E-state index contributed by atoms with van der Waals surface area (Å²) in [5.41, 5.74) is 0.192. The summed E-state index contributed by atoms with van der Waals surface area (Å²) in [4.78, 5) is 0. The molecule has 0 saturated heterocycles. The second-order valence-corrected chi connectivity index (χ2v) is 3.67. The molecule has 0 saturated carbocycles. The van der Waals surface area contributed by atoms with Crippen molar-refractivity contribution in [3.8, 4) is 0 Å². The quantitative estimate of drug-likeness (QED) is 0.830. The molecule has 0 radical (unpaired) electrons. The third-order valence-corrected chi connectivity index (χ3v) is 2.19. The fourth-order valence-electron chi connectivity index (χ4n) is 1.42. The monoisotopic (exact) mass is 269 g/mol. The number of hydrogen-bond acceptors (Lipinski definition) is 2. The molecule has 0 amide bonds. The Labute approximate surface area is 101 Å². The van der Waals surface area contributed by atoms with Gasteiger partial charge in [-0.1, -0.05) is 0 Å². The van der Waals surface area contributed by atoms with Gasteiger partial charge >= 0.3 is 6.18 Å². The van der Waals surface area contributed by atoms with Crippen LogP contribution in [0.5, 0.6) is 0 Å². The number of benzene rings is 1. The predicted molar refractivity (Wildman–Crippen MR) is 55.0 cm³/mol. The van der Waals surface area contributed by atoms with Gasteiger partial charge in [-0.2, -0.15) is 13.2 Å². The summed E-state index contributed by atoms with van der Waals surface area (Å²) in [6, 6.07) is 2.06. The van der Waals surface area contributed by atoms with Gasteiger partial charge in [0.25, 0.3) is 0 Å². The van der Waals surface area contributed by atoms with E-state index in [2.05, 4.69) is 10.1 Å². The Bertz CT molecular complexity index is 373. The summed E-state index contributed by atoms with van der Waals surface area (Å²) in [5.74, 6) is -1.58. The molecule has 2 nitrogen and oxygen atoms in total. The summed E-state index contributed by atoms with van der Waals surface area (Å²) in [7, 11) is 1.46. The highest BCUT2D eigenvalue weighted by Crippen LogP contribution is 2.19. The average Bonchev–Trinajstić information content (AvgIpc) is 2.21. The number of ether oxygens (including phenoxy) is 1. The Kier molecular flexibility index (Phi) is 5.03. The molecule has 0 aromatic heterocycles. The molecule has 1 N–H and O–H groups in total. The van der Waals surface area contributed by atoms with Crippen molar-refractivity contribution in [3.63, 3.8) is 0 Å². The fourth-order valence-corrected chi connectivity index (χ4v) is 1.42. The number of hydrogen-bond donors (Lipinski definition) is 1. The minimum Gasteiger partial charge on any atom is -0.370 e. The second-order valence-electron chi connectivity index (χ2n) is 3.67. The molecule has 1 unspecified atom stereocenters. The number of alkyl halides is 3. The van der Waals surface area contributed by atoms with Crippen LogP contribution in [0.25, 0.3) is 0 Å². The van der Waals surface area contributed by atoms with Crippen LogP contribution in [-0.2, 0) is 4.74 Å². The maximum atomic E-state index is 12.9. The largest absolute Gasteiger partial charge is 0.411 e. The maximum absolute atomic E-state index is 12.9. The highest BCUT2D eigenvalue weighted by atomic mass is 19.4. The molecule has 1 aromatic rings. The number of nitrogens with one attached hydrogen (secondary N) is 1. The van der Waals surface area contributed by atoms with Gasteiger partial charge in [-0.25, -0.2) is 8.78 Å². The summed E-state index contributed by atoms with van der Waals surface area (Å²) in [5, 5.41) is 2.63. The molecule has 0 spiro atoms. The van der Waals surface area contributed by atoms with Gasteiger partial charge in [0.2, 0.25) is 0 Å². The standard InChI is InChI=1S/C11H12F5NO/c1-17-10(5-18-6-11(14,15)16)7-2-8(12)4-9(13)3-7/h2-4,10,17H,5-6H2,1H3. The molecule has 0 fully saturated rings. The van der Waals surface area contributed by atoms with Crippen molar-refractivity contribution in [1.29, 1.82) is 0 Å². The SMILES string of the molecule is CNC(COCC(F)(F)F)c1cc(F)cc(F)c1. The summed E-state index contributed by atoms with van der Waals surface area (Å²) >= 11 is 0. The van der Waals surface area contributed by atoms with Crippen LogP contribution in [0.1, 0.15) is 11.6 Å². The molecule has 0 aliphatic heterocycles. The van der Waals surface area contributed by atoms with Gasteiger partial charge in [0.15, 0.2) is 0 Å². The molecule has 0 bridgehead atoms. The normalized spacial score (nSPS) is 13.7. The zero-order chi connectivity index (χ0) is 13.8. The molecular formula is C11H12F5NO. The van der Waals surface area contributed by atoms with E-state index in [0.717, 1.165) is 12.1 Å². The van der Waals surface area contributed by atoms with Crippen molar-refractivity contribution in [2.45, 2.75) is 12.2 Å². The third-order valence-electron chi connectivity index (χ3n) is 2.19. The van der Waals surface area contributed by atoms with Crippen LogP contribution in [0.3, 0.4) is 0 Å². The van der Waals surface area contributed by atoms with E-state index in [9.17, 15) is 22.0 Å². The molecular weight excluding hydrogens is 257 g/mol. The fraction of sp³-hybridized carbons (Fsp3) is 0.455. The lowest BCUT2D eigenvalue weighted by Gasteiger charge is -2.17. The predicted octanol–water partition coefficient (Wildman–Crippen LogP) is 2.80. The first kappa shape index (κ1) is 14.8. The average molecular weight is 269 g/mol. The molecule has 102 valence electrons. The topological polar surface area (TPSA) is 21.3 Å². The number of halogens is 5. The van der Waals surface area contributed by atoms with Crippen LogP contribution in [0, 0.1) is 11.6 Å². The van der Waals surface area contributed by atoms with Gasteiger partial charge < -0.3 is 10.1 Å². The lowest BCUT2D eigenvalue weighted by Crippen LogP contribution is -2.25. The zero-order valence-electron chi connectivity index (χ0n) is 9.52. The minimum atomic E-state index is -4.43. The van der Waals surface area contributed by atoms with Gasteiger partial charge in [-0.3, -0.25) is 0 Å². The van der Waals surface area contributed by atoms with Crippen LogP contribution in [0.4, 0.5) is 22.0 Å². The lowest BCUT2D eigenvalue weighted by atomic mass is 10.1. The molecule has 18 heavy (non-hydrogen) atoms. The molecule has 7 heteroatoms. The Morgan fingerprint density at radius 2 is 1.72 bits per heavy atom. The Morgan fingerprint density at radius 1 is 1.17 bits per heavy atom. The van der Waals surface area contributed by atoms with Gasteiger partial charge in [-0.15, -0.1) is 0 Å². The van der Waals surface area contributed by atoms with E-state index < -0.39 is 30.5 Å². The molecule has 0 aliphatic carbocycles. The highest BCUT2D eigenvalue weighted by Gasteiger charge is 2.28. The van der Waals surface area contributed by atoms with Gasteiger partial charge in [0.05, 0.1) is 12.6 Å². The van der Waals surface area contributed by atoms with Gasteiger partial charge in [-0.05, 0) is 24.7 Å². The molecule has 0 heterocycles. The van der Waals surface area contributed by atoms with Crippen LogP contribution in [0.15, 0.2) is 18.2 Å². The zero-order valence-corrected chi connectivity index (χ0v) is 9.52. The van der Waals surface area contributed by atoms with Crippen molar-refractivity contribution in [1.82, 2.24) is 5.32 Å². The van der Waals surface area contributed by atoms with Crippen LogP contribution >= 0.6 is 0 Å². The van der Waals surface area contributed by atoms with Crippen LogP contribution < -0.4 is 5.32 Å². The highest BCUT2D eigenvalue weighted by molar-refractivity contribution is 5.21. The van der Waals surface area contributed by atoms with Crippen molar-refractivity contribution < 1.29 is 26.7 Å². The van der Waals surface area contributed by atoms with E-state index in [1.54, 1.807) is 0 Å². The minimum absolute atomic E-state index is 0.192. The summed E-state index contributed by atoms with van der Waals surface area (Å²) in [6.45, 7) is -1.73. The van der Waals surface area contributed by atoms with E-state index in [-0.39, 0.29) is 12.2 Å². The molecule has 0 aliphatic rings. The number of rotatable bonds is 5. The first-order chi connectivity index (χ1) is 8.31. The van der Waals surface area contributed by atoms with E-state index in [4.69, 9.17) is 0 Å². The van der Waals surface area contributed by atoms with E-state index in [0.29, 0.717) is 6.07 Å². The first-order valence-corrected chi connectivity index (χ1v) is 5.09. The first-order valence-electron chi connectivity index (χ1n) is 5.09. The Hall–Kier alpha value is -1.21. The molecule has 1 atom stereocenters. The maximum Gasteiger partial charge on any atom is 0.411 e. The second kappa shape index (κ2) is 6.10. The lowest BCUT2D eigenvalue weighted by molar-refractivity contribution is -0.175. The molecule has 1 aromatic carbocycles. The van der Waals surface area contributed by atoms with Crippen molar-refractivity contribution in [2.24, 2.45) is 0 Å². The number of likely N-dealkylation sites (N-methyl/N-ethyl adjacent to an activating group) is 1. The Morgan fingerprint density at radius 3 is 2.17 bits per heavy atom. The van der Waals surface area contributed by atoms with E-state index in [1.807, 2.05) is 0 Å². The third kappa shape index (κ3) is 4.97. The van der Waals surface area contributed by atoms with Crippen molar-refractivity contribution >= 4 is 0 Å². The summed E-state index contributed by atoms with van der Waals surface area (Å²) in [6.07, 6.45) is -4.43. The van der Waals surface area contributed by atoms with Crippen LogP contribution in [0.2, 0.25) is 0 Å². The van der Waals surface area contributed by atoms with Crippen molar-refractivity contribution in [3.05, 3.63) is 35.4 Å².